The first-order chi connectivity index (χ1) is 10.2. The van der Waals surface area contributed by atoms with Crippen LogP contribution in [-0.2, 0) is 4.79 Å². The average molecular weight is 302 g/mol. The van der Waals surface area contributed by atoms with Gasteiger partial charge in [0.1, 0.15) is 0 Å². The normalized spacial score (nSPS) is 40.2. The molecule has 0 saturated heterocycles. The first kappa shape index (κ1) is 17.2. The van der Waals surface area contributed by atoms with Crippen LogP contribution in [0.1, 0.15) is 60.3 Å². The number of hydrogen-bond acceptors (Lipinski definition) is 2. The monoisotopic (exact) mass is 302 g/mol. The molecule has 0 aromatic heterocycles. The van der Waals surface area contributed by atoms with Crippen molar-refractivity contribution in [1.82, 2.24) is 0 Å². The average Bonchev–Trinajstić information content (AvgIpc) is 2.92. The molecule has 0 heterocycles. The lowest BCUT2D eigenvalue weighted by atomic mass is 10.00. The van der Waals surface area contributed by atoms with Crippen LogP contribution in [0, 0.1) is 17.3 Å². The fourth-order valence-corrected chi connectivity index (χ4v) is 3.73. The van der Waals surface area contributed by atoms with Gasteiger partial charge >= 0.3 is 0 Å². The zero-order valence-electron chi connectivity index (χ0n) is 14.6. The lowest BCUT2D eigenvalue weighted by molar-refractivity contribution is -0.114. The number of hydrogen-bond donors (Lipinski definition) is 1. The summed E-state index contributed by atoms with van der Waals surface area (Å²) in [4.78, 5) is 12.3. The van der Waals surface area contributed by atoms with Crippen molar-refractivity contribution < 1.29 is 9.90 Å². The Morgan fingerprint density at radius 2 is 1.82 bits per heavy atom. The van der Waals surface area contributed by atoms with Gasteiger partial charge in [-0.15, -0.1) is 0 Å². The van der Waals surface area contributed by atoms with E-state index in [1.54, 1.807) is 0 Å². The lowest BCUT2D eigenvalue weighted by Crippen LogP contribution is -2.05. The van der Waals surface area contributed by atoms with Gasteiger partial charge in [-0.2, -0.15) is 0 Å². The Bertz CT molecular complexity index is 534. The SMILES string of the molecule is C/C1=C\[C@H](O)C/C(C)=C/CC(=O)/C(C)=C/[C@@H]2[C@@H](CC1)C2(C)C. The second-order valence-corrected chi connectivity index (χ2v) is 7.80. The topological polar surface area (TPSA) is 37.3 Å². The summed E-state index contributed by atoms with van der Waals surface area (Å²) < 4.78 is 0. The summed E-state index contributed by atoms with van der Waals surface area (Å²) in [7, 11) is 0. The third-order valence-electron chi connectivity index (χ3n) is 5.50. The van der Waals surface area contributed by atoms with Gasteiger partial charge in [-0.1, -0.05) is 43.2 Å². The van der Waals surface area contributed by atoms with E-state index in [4.69, 9.17) is 0 Å². The number of aliphatic hydroxyl groups is 1. The fourth-order valence-electron chi connectivity index (χ4n) is 3.73. The molecule has 2 aliphatic rings. The molecule has 2 rings (SSSR count). The zero-order chi connectivity index (χ0) is 16.5. The van der Waals surface area contributed by atoms with Crippen molar-refractivity contribution in [2.75, 3.05) is 0 Å². The van der Waals surface area contributed by atoms with Crippen LogP contribution >= 0.6 is 0 Å². The van der Waals surface area contributed by atoms with Crippen molar-refractivity contribution in [1.29, 1.82) is 0 Å². The summed E-state index contributed by atoms with van der Waals surface area (Å²) >= 11 is 0. The molecule has 0 spiro atoms. The van der Waals surface area contributed by atoms with E-state index in [0.29, 0.717) is 30.1 Å². The molecule has 2 heteroatoms. The zero-order valence-corrected chi connectivity index (χ0v) is 14.6. The molecule has 1 N–H and O–H groups in total. The number of rotatable bonds is 0. The molecule has 0 aromatic rings. The lowest BCUT2D eigenvalue weighted by Gasteiger charge is -2.10. The highest BCUT2D eigenvalue weighted by Gasteiger charge is 2.55. The van der Waals surface area contributed by atoms with Crippen LogP contribution in [0.4, 0.5) is 0 Å². The predicted molar refractivity (Wildman–Crippen MR) is 91.5 cm³/mol. The van der Waals surface area contributed by atoms with Gasteiger partial charge in [0, 0.05) is 6.42 Å². The van der Waals surface area contributed by atoms with Crippen LogP contribution in [0.25, 0.3) is 0 Å². The predicted octanol–water partition coefficient (Wildman–Crippen LogP) is 4.60. The summed E-state index contributed by atoms with van der Waals surface area (Å²) in [5.74, 6) is 1.37. The minimum Gasteiger partial charge on any atom is -0.389 e. The molecule has 0 aromatic carbocycles. The number of carbonyl (C=O) groups excluding carboxylic acids is 1. The van der Waals surface area contributed by atoms with E-state index in [-0.39, 0.29) is 5.78 Å². The summed E-state index contributed by atoms with van der Waals surface area (Å²) in [5, 5.41) is 10.1. The molecule has 1 saturated carbocycles. The molecular formula is C20H30O2. The van der Waals surface area contributed by atoms with E-state index < -0.39 is 6.10 Å². The van der Waals surface area contributed by atoms with Gasteiger partial charge in [0.2, 0.25) is 0 Å². The number of aliphatic hydroxyl groups excluding tert-OH is 1. The Kier molecular flexibility index (Phi) is 5.11. The molecule has 0 aliphatic heterocycles. The van der Waals surface area contributed by atoms with Crippen LogP contribution < -0.4 is 0 Å². The molecule has 0 amide bonds. The number of fused-ring (bicyclic) bond motifs is 1. The van der Waals surface area contributed by atoms with E-state index in [2.05, 4.69) is 26.8 Å². The van der Waals surface area contributed by atoms with Crippen molar-refractivity contribution in [3.8, 4) is 0 Å². The molecule has 0 unspecified atom stereocenters. The quantitative estimate of drug-likeness (QED) is 0.664. The van der Waals surface area contributed by atoms with Crippen molar-refractivity contribution in [3.63, 3.8) is 0 Å². The Labute approximate surface area is 135 Å². The van der Waals surface area contributed by atoms with Crippen molar-refractivity contribution >= 4 is 5.78 Å². The molecule has 3 atom stereocenters. The maximum atomic E-state index is 12.3. The molecule has 1 fully saturated rings. The highest BCUT2D eigenvalue weighted by atomic mass is 16.3. The van der Waals surface area contributed by atoms with Gasteiger partial charge in [0.15, 0.2) is 5.78 Å². The standard InChI is InChI=1S/C20H30O2/c1-13-6-8-17-18(20(17,4)5)12-15(3)19(22)9-7-14(2)11-16(21)10-13/h7,10,12,16-18,21H,6,8-9,11H2,1-5H3/b13-10+,14-7+,15-12+/t16-,17+,18+/m0/s1. The van der Waals surface area contributed by atoms with Crippen LogP contribution in [0.5, 0.6) is 0 Å². The van der Waals surface area contributed by atoms with E-state index in [1.807, 2.05) is 26.0 Å². The van der Waals surface area contributed by atoms with Gasteiger partial charge in [0.25, 0.3) is 0 Å². The van der Waals surface area contributed by atoms with Crippen LogP contribution in [0.2, 0.25) is 0 Å². The second kappa shape index (κ2) is 6.54. The molecule has 2 nitrogen and oxygen atoms in total. The van der Waals surface area contributed by atoms with Gasteiger partial charge < -0.3 is 5.11 Å². The number of Topliss-reactive ketones (excluding diaryl/α,β-unsaturated/α-hetero) is 1. The maximum Gasteiger partial charge on any atom is 0.162 e. The minimum absolute atomic E-state index is 0.207. The van der Waals surface area contributed by atoms with E-state index >= 15 is 0 Å². The summed E-state index contributed by atoms with van der Waals surface area (Å²) in [6, 6.07) is 0. The van der Waals surface area contributed by atoms with Gasteiger partial charge in [0.05, 0.1) is 6.10 Å². The molecule has 22 heavy (non-hydrogen) atoms. The van der Waals surface area contributed by atoms with Crippen molar-refractivity contribution in [2.45, 2.75) is 66.4 Å². The maximum absolute atomic E-state index is 12.3. The minimum atomic E-state index is -0.436. The van der Waals surface area contributed by atoms with Crippen LogP contribution in [0.15, 0.2) is 34.9 Å². The summed E-state index contributed by atoms with van der Waals surface area (Å²) in [6.07, 6.45) is 8.95. The van der Waals surface area contributed by atoms with Crippen molar-refractivity contribution in [3.05, 3.63) is 34.9 Å². The van der Waals surface area contributed by atoms with Crippen molar-refractivity contribution in [2.24, 2.45) is 17.3 Å². The van der Waals surface area contributed by atoms with E-state index in [1.165, 1.54) is 5.57 Å². The number of allylic oxidation sites excluding steroid dienone is 4. The van der Waals surface area contributed by atoms with Gasteiger partial charge in [-0.05, 0) is 62.9 Å². The van der Waals surface area contributed by atoms with E-state index in [9.17, 15) is 9.90 Å². The smallest absolute Gasteiger partial charge is 0.162 e. The Hall–Kier alpha value is -1.15. The van der Waals surface area contributed by atoms with Gasteiger partial charge in [-0.25, -0.2) is 0 Å². The molecular weight excluding hydrogens is 272 g/mol. The van der Waals surface area contributed by atoms with Crippen LogP contribution in [0.3, 0.4) is 0 Å². The third-order valence-corrected chi connectivity index (χ3v) is 5.50. The second-order valence-electron chi connectivity index (χ2n) is 7.80. The molecule has 122 valence electrons. The summed E-state index contributed by atoms with van der Waals surface area (Å²) in [5.41, 5.74) is 3.55. The fraction of sp³-hybridized carbons (Fsp3) is 0.650. The summed E-state index contributed by atoms with van der Waals surface area (Å²) in [6.45, 7) is 10.6. The highest BCUT2D eigenvalue weighted by Crippen LogP contribution is 2.61. The van der Waals surface area contributed by atoms with Gasteiger partial charge in [-0.3, -0.25) is 4.79 Å². The third kappa shape index (κ3) is 3.98. The largest absolute Gasteiger partial charge is 0.389 e. The molecule has 0 radical (unpaired) electrons. The Balaban J connectivity index is 2.23. The Morgan fingerprint density at radius 1 is 1.14 bits per heavy atom. The number of carbonyl (C=O) groups is 1. The first-order valence-corrected chi connectivity index (χ1v) is 8.44. The Morgan fingerprint density at radius 3 is 2.50 bits per heavy atom. The first-order valence-electron chi connectivity index (χ1n) is 8.44. The molecule has 0 bridgehead atoms. The molecule has 2 aliphatic carbocycles. The number of ketones is 1. The highest BCUT2D eigenvalue weighted by molar-refractivity contribution is 5.95. The van der Waals surface area contributed by atoms with Crippen LogP contribution in [-0.4, -0.2) is 17.0 Å². The van der Waals surface area contributed by atoms with E-state index in [0.717, 1.165) is 24.0 Å².